The van der Waals surface area contributed by atoms with Gasteiger partial charge >= 0.3 is 0 Å². The van der Waals surface area contributed by atoms with Crippen LogP contribution in [-0.4, -0.2) is 21.7 Å². The van der Waals surface area contributed by atoms with E-state index < -0.39 is 0 Å². The summed E-state index contributed by atoms with van der Waals surface area (Å²) in [5.41, 5.74) is 5.91. The number of para-hydroxylation sites is 1. The summed E-state index contributed by atoms with van der Waals surface area (Å²) in [4.78, 5) is 23.8. The van der Waals surface area contributed by atoms with Crippen LogP contribution >= 0.6 is 27.7 Å². The summed E-state index contributed by atoms with van der Waals surface area (Å²) in [5, 5.41) is 0. The van der Waals surface area contributed by atoms with Crippen molar-refractivity contribution in [1.82, 2.24) is 9.38 Å². The van der Waals surface area contributed by atoms with Crippen LogP contribution in [0.3, 0.4) is 0 Å². The van der Waals surface area contributed by atoms with Crippen molar-refractivity contribution >= 4 is 50.5 Å². The lowest BCUT2D eigenvalue weighted by atomic mass is 10.0. The van der Waals surface area contributed by atoms with Gasteiger partial charge in [-0.25, -0.2) is 4.98 Å². The molecule has 0 fully saturated rings. The van der Waals surface area contributed by atoms with E-state index >= 15 is 0 Å². The van der Waals surface area contributed by atoms with Gasteiger partial charge in [0.1, 0.15) is 17.0 Å². The molecular weight excluding hydrogens is 530 g/mol. The highest BCUT2D eigenvalue weighted by Gasteiger charge is 2.26. The molecule has 5 aromatic rings. The molecule has 0 saturated heterocycles. The smallest absolute Gasteiger partial charge is 0.212 e. The second kappa shape index (κ2) is 9.60. The van der Waals surface area contributed by atoms with Gasteiger partial charge in [0.05, 0.1) is 11.4 Å². The minimum atomic E-state index is -0.0336. The number of rotatable bonds is 6. The van der Waals surface area contributed by atoms with Crippen molar-refractivity contribution in [1.29, 1.82) is 0 Å². The van der Waals surface area contributed by atoms with Crippen molar-refractivity contribution in [3.8, 4) is 11.3 Å². The van der Waals surface area contributed by atoms with E-state index in [0.29, 0.717) is 17.0 Å². The maximum absolute atomic E-state index is 14.1. The summed E-state index contributed by atoms with van der Waals surface area (Å²) in [6, 6.07) is 28.4. The number of fused-ring (bicyclic) bond motifs is 3. The van der Waals surface area contributed by atoms with E-state index in [1.165, 1.54) is 15.5 Å². The molecule has 0 radical (unpaired) electrons. The second-order valence-corrected chi connectivity index (χ2v) is 10.8. The predicted molar refractivity (Wildman–Crippen MR) is 151 cm³/mol. The van der Waals surface area contributed by atoms with E-state index in [0.717, 1.165) is 40.8 Å². The first-order valence-electron chi connectivity index (χ1n) is 12.1. The van der Waals surface area contributed by atoms with Crippen LogP contribution < -0.4 is 4.90 Å². The molecule has 0 amide bonds. The van der Waals surface area contributed by atoms with E-state index in [1.807, 2.05) is 59.1 Å². The quantitative estimate of drug-likeness (QED) is 0.198. The van der Waals surface area contributed by atoms with Crippen LogP contribution in [-0.2, 0) is 0 Å². The molecule has 3 heterocycles. The van der Waals surface area contributed by atoms with Crippen LogP contribution in [0.5, 0.6) is 0 Å². The van der Waals surface area contributed by atoms with E-state index in [4.69, 9.17) is 4.98 Å². The first-order valence-corrected chi connectivity index (χ1v) is 13.7. The summed E-state index contributed by atoms with van der Waals surface area (Å²) in [5.74, 6) is -0.0336. The third kappa shape index (κ3) is 4.04. The van der Waals surface area contributed by atoms with Crippen molar-refractivity contribution in [2.75, 3.05) is 11.4 Å². The average molecular weight is 555 g/mol. The van der Waals surface area contributed by atoms with Crippen molar-refractivity contribution in [3.05, 3.63) is 107 Å². The molecule has 3 aromatic carbocycles. The third-order valence-electron chi connectivity index (χ3n) is 6.49. The molecule has 6 rings (SSSR count). The van der Waals surface area contributed by atoms with Crippen molar-refractivity contribution in [2.45, 2.75) is 29.6 Å². The first-order chi connectivity index (χ1) is 17.6. The second-order valence-electron chi connectivity index (χ2n) is 8.83. The van der Waals surface area contributed by atoms with Gasteiger partial charge in [0.15, 0.2) is 0 Å². The van der Waals surface area contributed by atoms with Gasteiger partial charge in [0.2, 0.25) is 5.78 Å². The molecule has 0 spiro atoms. The number of benzene rings is 3. The van der Waals surface area contributed by atoms with Gasteiger partial charge in [-0.3, -0.25) is 9.20 Å². The summed E-state index contributed by atoms with van der Waals surface area (Å²) in [6.07, 6.45) is 4.10. The van der Waals surface area contributed by atoms with Gasteiger partial charge in [-0.05, 0) is 61.0 Å². The van der Waals surface area contributed by atoms with Crippen LogP contribution in [0.1, 0.15) is 35.8 Å². The number of hydrogen-bond donors (Lipinski definition) is 0. The Hall–Kier alpha value is -3.35. The number of aromatic nitrogens is 2. The molecular formula is C30H24BrN3OS. The SMILES string of the molecule is CCCCN1c2ccccc2Sc2ccc(C(=O)c3c(-c4ccc(Br)cc4)nc4ccccn34)cc21. The number of carbonyl (C=O) groups excluding carboxylic acids is 1. The molecule has 1 aliphatic rings. The molecule has 0 N–H and O–H groups in total. The van der Waals surface area contributed by atoms with Gasteiger partial charge in [-0.1, -0.05) is 71.4 Å². The average Bonchev–Trinajstić information content (AvgIpc) is 3.30. The maximum atomic E-state index is 14.1. The third-order valence-corrected chi connectivity index (χ3v) is 8.14. The highest BCUT2D eigenvalue weighted by Crippen LogP contribution is 2.48. The fourth-order valence-corrected chi connectivity index (χ4v) is 6.03. The van der Waals surface area contributed by atoms with Crippen LogP contribution in [0.4, 0.5) is 11.4 Å². The van der Waals surface area contributed by atoms with Crippen LogP contribution in [0.15, 0.2) is 105 Å². The van der Waals surface area contributed by atoms with Crippen LogP contribution in [0.2, 0.25) is 0 Å². The van der Waals surface area contributed by atoms with Crippen molar-refractivity contribution < 1.29 is 4.79 Å². The molecule has 1 aliphatic heterocycles. The zero-order valence-electron chi connectivity index (χ0n) is 19.8. The molecule has 6 heteroatoms. The maximum Gasteiger partial charge on any atom is 0.212 e. The molecule has 4 nitrogen and oxygen atoms in total. The highest BCUT2D eigenvalue weighted by molar-refractivity contribution is 9.10. The molecule has 178 valence electrons. The van der Waals surface area contributed by atoms with Crippen LogP contribution in [0, 0.1) is 0 Å². The topological polar surface area (TPSA) is 37.6 Å². The Morgan fingerprint density at radius 1 is 0.917 bits per heavy atom. The van der Waals surface area contributed by atoms with Crippen molar-refractivity contribution in [3.63, 3.8) is 0 Å². The van der Waals surface area contributed by atoms with E-state index in [-0.39, 0.29) is 5.78 Å². The number of imidazole rings is 1. The molecule has 0 bridgehead atoms. The molecule has 36 heavy (non-hydrogen) atoms. The number of unbranched alkanes of at least 4 members (excludes halogenated alkanes) is 1. The summed E-state index contributed by atoms with van der Waals surface area (Å²) >= 11 is 5.27. The summed E-state index contributed by atoms with van der Waals surface area (Å²) in [7, 11) is 0. The Bertz CT molecular complexity index is 1590. The Morgan fingerprint density at radius 2 is 1.69 bits per heavy atom. The fraction of sp³-hybridized carbons (Fsp3) is 0.133. The number of carbonyl (C=O) groups is 1. The van der Waals surface area contributed by atoms with E-state index in [1.54, 1.807) is 11.8 Å². The van der Waals surface area contributed by atoms with Gasteiger partial charge in [0, 0.05) is 38.1 Å². The molecule has 2 aromatic heterocycles. The first kappa shape index (κ1) is 23.1. The highest BCUT2D eigenvalue weighted by atomic mass is 79.9. The number of anilines is 2. The number of hydrogen-bond acceptors (Lipinski definition) is 4. The Balaban J connectivity index is 1.48. The molecule has 0 aliphatic carbocycles. The molecule has 0 saturated carbocycles. The summed E-state index contributed by atoms with van der Waals surface area (Å²) in [6.45, 7) is 3.12. The lowest BCUT2D eigenvalue weighted by Gasteiger charge is -2.33. The molecule has 0 unspecified atom stereocenters. The van der Waals surface area contributed by atoms with Crippen LogP contribution in [0.25, 0.3) is 16.9 Å². The predicted octanol–water partition coefficient (Wildman–Crippen LogP) is 8.40. The van der Waals surface area contributed by atoms with E-state index in [9.17, 15) is 4.79 Å². The number of pyridine rings is 1. The van der Waals surface area contributed by atoms with Gasteiger partial charge in [-0.2, -0.15) is 0 Å². The Labute approximate surface area is 223 Å². The fourth-order valence-electron chi connectivity index (χ4n) is 4.69. The Kier molecular flexibility index (Phi) is 6.15. The number of halogens is 1. The minimum Gasteiger partial charge on any atom is -0.340 e. The zero-order valence-corrected chi connectivity index (χ0v) is 22.2. The number of nitrogens with zero attached hydrogens (tertiary/aromatic N) is 3. The standard InChI is InChI=1S/C30H24BrN3OS/c1-2-3-17-33-23-8-4-5-9-25(23)36-26-16-13-21(19-24(26)33)30(35)29-28(20-11-14-22(31)15-12-20)32-27-10-6-7-18-34(27)29/h4-16,18-19H,2-3,17H2,1H3. The lowest BCUT2D eigenvalue weighted by molar-refractivity contribution is 0.103. The van der Waals surface area contributed by atoms with Gasteiger partial charge < -0.3 is 4.90 Å². The Morgan fingerprint density at radius 3 is 2.53 bits per heavy atom. The largest absolute Gasteiger partial charge is 0.340 e. The number of ketones is 1. The van der Waals surface area contributed by atoms with Gasteiger partial charge in [0.25, 0.3) is 0 Å². The monoisotopic (exact) mass is 553 g/mol. The van der Waals surface area contributed by atoms with Crippen molar-refractivity contribution in [2.24, 2.45) is 0 Å². The van der Waals surface area contributed by atoms with Gasteiger partial charge in [-0.15, -0.1) is 0 Å². The minimum absolute atomic E-state index is 0.0336. The molecule has 0 atom stereocenters. The van der Waals surface area contributed by atoms with E-state index in [2.05, 4.69) is 64.2 Å². The normalized spacial score (nSPS) is 12.4. The lowest BCUT2D eigenvalue weighted by Crippen LogP contribution is -2.22. The summed E-state index contributed by atoms with van der Waals surface area (Å²) < 4.78 is 2.89. The zero-order chi connectivity index (χ0) is 24.6.